The van der Waals surface area contributed by atoms with Gasteiger partial charge < -0.3 is 23.8 Å². The molecule has 0 saturated carbocycles. The van der Waals surface area contributed by atoms with Gasteiger partial charge in [-0.2, -0.15) is 0 Å². The largest absolute Gasteiger partial charge is 0.463 e. The van der Waals surface area contributed by atoms with Crippen LogP contribution in [0.3, 0.4) is 0 Å². The van der Waals surface area contributed by atoms with Crippen LogP contribution in [0.5, 0.6) is 0 Å². The van der Waals surface area contributed by atoms with E-state index in [9.17, 15) is 9.59 Å². The van der Waals surface area contributed by atoms with E-state index in [1.54, 1.807) is 11.8 Å². The van der Waals surface area contributed by atoms with Gasteiger partial charge in [-0.1, -0.05) is 23.9 Å². The molecule has 0 radical (unpaired) electrons. The van der Waals surface area contributed by atoms with Crippen molar-refractivity contribution in [1.82, 2.24) is 0 Å². The Morgan fingerprint density at radius 3 is 1.47 bits per heavy atom. The summed E-state index contributed by atoms with van der Waals surface area (Å²) in [5.41, 5.74) is 6.11. The molecule has 0 saturated heterocycles. The highest BCUT2D eigenvalue weighted by atomic mass is 35.7. The molecule has 2 aromatic carbocycles. The van der Waals surface area contributed by atoms with E-state index < -0.39 is 20.5 Å². The van der Waals surface area contributed by atoms with Crippen LogP contribution in [-0.4, -0.2) is 58.6 Å². The summed E-state index contributed by atoms with van der Waals surface area (Å²) in [5.74, 6) is -0.561. The number of benzene rings is 2. The molecule has 0 unspecified atom stereocenters. The van der Waals surface area contributed by atoms with Gasteiger partial charge in [-0.05, 0) is 46.5 Å². The number of ether oxygens (including phenoxy) is 4. The lowest BCUT2D eigenvalue weighted by Gasteiger charge is -2.30. The maximum atomic E-state index is 12.5. The summed E-state index contributed by atoms with van der Waals surface area (Å²) >= 11 is 1.65. The molecule has 296 valence electrons. The predicted molar refractivity (Wildman–Crippen MR) is 168 cm³/mol. The van der Waals surface area contributed by atoms with Crippen LogP contribution >= 0.6 is 11.8 Å². The van der Waals surface area contributed by atoms with Crippen LogP contribution in [0.25, 0.3) is 11.1 Å². The van der Waals surface area contributed by atoms with E-state index in [1.807, 2.05) is 68.2 Å². The number of esters is 2. The van der Waals surface area contributed by atoms with Crippen molar-refractivity contribution in [2.75, 3.05) is 51.6 Å². The summed E-state index contributed by atoms with van der Waals surface area (Å²) in [6.07, 6.45) is 8.52. The average Bonchev–Trinajstić information content (AvgIpc) is 3.10. The van der Waals surface area contributed by atoms with Gasteiger partial charge in [0.2, 0.25) is 0 Å². The first-order valence-electron chi connectivity index (χ1n) is 16.4. The Kier molecular flexibility index (Phi) is 16.5. The molecule has 0 amide bonds. The number of carbonyl (C=O) groups is 2. The molecule has 13 rings (SSSR count). The molecule has 9 aliphatic rings. The van der Waals surface area contributed by atoms with Crippen LogP contribution in [0.2, 0.25) is 0 Å². The number of nitrogens with zero attached hydrogens (tertiary/aromatic N) is 3. The van der Waals surface area contributed by atoms with Crippen LogP contribution in [0.1, 0.15) is 11.1 Å². The molecule has 9 aliphatic heterocycles. The van der Waals surface area contributed by atoms with Crippen molar-refractivity contribution in [1.29, 1.82) is 0 Å². The zero-order valence-electron chi connectivity index (χ0n) is 29.4. The Hall–Kier alpha value is -3.99. The zero-order chi connectivity index (χ0) is 40.0. The highest BCUT2D eigenvalue weighted by Crippen LogP contribution is 2.48. The fourth-order valence-electron chi connectivity index (χ4n) is 5.30. The molecule has 2 aromatic heterocycles. The van der Waals surface area contributed by atoms with Crippen LogP contribution in [0, 0.1) is 20.5 Å². The minimum atomic E-state index is -4.94. The van der Waals surface area contributed by atoms with Crippen LogP contribution in [0.15, 0.2) is 95.2 Å². The summed E-state index contributed by atoms with van der Waals surface area (Å²) in [5, 5.41) is 0. The first-order chi connectivity index (χ1) is 26.0. The van der Waals surface area contributed by atoms with E-state index in [1.165, 1.54) is 0 Å². The minimum Gasteiger partial charge on any atom is -0.463 e. The van der Waals surface area contributed by atoms with E-state index in [0.717, 1.165) is 43.4 Å². The minimum absolute atomic E-state index is 0.189. The van der Waals surface area contributed by atoms with Gasteiger partial charge in [0.1, 0.15) is 26.4 Å². The number of rotatable bonds is 0. The first kappa shape index (κ1) is 43.7. The van der Waals surface area contributed by atoms with Crippen molar-refractivity contribution in [3.05, 3.63) is 96.6 Å². The molecule has 55 heavy (non-hydrogen) atoms. The number of hydrogen-bond acceptors (Lipinski definition) is 16. The second kappa shape index (κ2) is 20.8. The van der Waals surface area contributed by atoms with E-state index in [2.05, 4.69) is 38.3 Å². The molecule has 0 spiro atoms. The molecule has 4 aromatic rings. The molecule has 10 bridgehead atoms. The molecule has 11 heterocycles. The van der Waals surface area contributed by atoms with Crippen LogP contribution < -0.4 is 51.3 Å². The molecular weight excluding hydrogens is 789 g/mol. The Morgan fingerprint density at radius 2 is 1.00 bits per heavy atom. The smallest absolute Gasteiger partial charge is 0.310 e. The first-order valence-corrected chi connectivity index (χ1v) is 19.7. The summed E-state index contributed by atoms with van der Waals surface area (Å²) in [7, 11) is -7.88. The molecular formula is C35H37Cl2N3O14S. The van der Waals surface area contributed by atoms with E-state index in [4.69, 9.17) is 56.2 Å². The Morgan fingerprint density at radius 1 is 0.564 bits per heavy atom. The normalized spacial score (nSPS) is 15.8. The molecule has 0 N–H and O–H groups in total. The number of hydrogen-bond donors (Lipinski definition) is 0. The lowest BCUT2D eigenvalue weighted by Crippen LogP contribution is -2.68. The van der Waals surface area contributed by atoms with Crippen molar-refractivity contribution in [3.63, 3.8) is 0 Å². The van der Waals surface area contributed by atoms with E-state index in [0.29, 0.717) is 39.5 Å². The number of anilines is 2. The second-order valence-corrected chi connectivity index (χ2v) is 14.3. The van der Waals surface area contributed by atoms with Gasteiger partial charge in [0.05, 0.1) is 37.4 Å². The summed E-state index contributed by atoms with van der Waals surface area (Å²) < 4.78 is 94.4. The van der Waals surface area contributed by atoms with E-state index >= 15 is 0 Å². The highest BCUT2D eigenvalue weighted by Gasteiger charge is 2.22. The number of pyridine rings is 2. The van der Waals surface area contributed by atoms with Gasteiger partial charge in [0.25, 0.3) is 0 Å². The fraction of sp³-hybridized carbons (Fsp3) is 0.314. The molecule has 20 heteroatoms. The lowest BCUT2D eigenvalue weighted by molar-refractivity contribution is -2.00. The monoisotopic (exact) mass is 825 g/mol. The second-order valence-electron chi connectivity index (χ2n) is 11.7. The predicted octanol–water partition coefficient (Wildman–Crippen LogP) is -5.43. The summed E-state index contributed by atoms with van der Waals surface area (Å²) in [6.45, 7) is 3.58. The van der Waals surface area contributed by atoms with Crippen molar-refractivity contribution in [2.24, 2.45) is 0 Å². The number of aromatic nitrogens is 2. The average molecular weight is 827 g/mol. The maximum Gasteiger partial charge on any atom is 0.310 e. The topological polar surface area (TPSA) is 267 Å². The maximum absolute atomic E-state index is 12.5. The number of halogens is 2. The van der Waals surface area contributed by atoms with Gasteiger partial charge in [0, 0.05) is 41.1 Å². The van der Waals surface area contributed by atoms with Crippen LogP contribution in [0.4, 0.5) is 11.4 Å². The number of carbonyl (C=O) groups excluding carboxylic acids is 2. The quantitative estimate of drug-likeness (QED) is 0.118. The van der Waals surface area contributed by atoms with Crippen molar-refractivity contribution in [3.8, 4) is 11.1 Å². The van der Waals surface area contributed by atoms with Gasteiger partial charge >= 0.3 is 11.9 Å². The van der Waals surface area contributed by atoms with Crippen molar-refractivity contribution in [2.45, 2.75) is 35.7 Å². The Balaban J connectivity index is 0.000000599. The molecule has 17 nitrogen and oxygen atoms in total. The van der Waals surface area contributed by atoms with Crippen molar-refractivity contribution < 1.29 is 95.4 Å². The molecule has 0 fully saturated rings. The summed E-state index contributed by atoms with van der Waals surface area (Å²) in [6, 6.07) is 20.4. The highest BCUT2D eigenvalue weighted by molar-refractivity contribution is 7.99. The lowest BCUT2D eigenvalue weighted by atomic mass is 10.1. The Labute approximate surface area is 324 Å². The molecule has 0 aliphatic carbocycles. The zero-order valence-corrected chi connectivity index (χ0v) is 31.7. The summed E-state index contributed by atoms with van der Waals surface area (Å²) in [4.78, 5) is 29.3. The van der Waals surface area contributed by atoms with E-state index in [-0.39, 0.29) is 38.0 Å². The third-order valence-electron chi connectivity index (χ3n) is 7.77. The fourth-order valence-corrected chi connectivity index (χ4v) is 6.50. The van der Waals surface area contributed by atoms with Gasteiger partial charge in [0.15, 0.2) is 37.9 Å². The Bertz CT molecular complexity index is 1840. The van der Waals surface area contributed by atoms with Gasteiger partial charge in [-0.3, -0.25) is 9.59 Å². The SMILES string of the molecule is CN1c2ccc3cc2Sc2ccc(cc21)CC(=O)OCCOCC[n+]1ccc(cc1)-c1cc[n+](cc1)CCOCCOC(=O)C3.[O-][Cl+3]([O-])([O-])[O-].[O-][Cl+3]([O-])([O-])[O-]. The molecule has 0 atom stereocenters. The third kappa shape index (κ3) is 16.3. The third-order valence-corrected chi connectivity index (χ3v) is 8.88. The van der Waals surface area contributed by atoms with Gasteiger partial charge in [-0.25, -0.2) is 46.4 Å². The standard InChI is InChI=1S/C35H37N3O6S.2ClHO4/c1-36-30-4-2-27-23-33(30)45-32-5-3-26(22-31(32)36)24-34(39)43-20-18-41-16-14-37-10-6-28(7-11-37)29-8-12-38(13-9-29)15-17-42-19-21-44-35(40)25-27;2*2-1(3,4)5/h2-13,22-23H,14-21,24-25H2,1H3;2*(H,2,3,4,5)/q+2;;/p-2. The van der Waals surface area contributed by atoms with Crippen LogP contribution in [-0.2, 0) is 54.5 Å². The van der Waals surface area contributed by atoms with Crippen molar-refractivity contribution >= 4 is 35.1 Å². The van der Waals surface area contributed by atoms with Gasteiger partial charge in [-0.15, -0.1) is 20.5 Å².